The summed E-state index contributed by atoms with van der Waals surface area (Å²) in [5.74, 6) is 0.745. The van der Waals surface area contributed by atoms with Crippen molar-refractivity contribution in [1.29, 1.82) is 0 Å². The fourth-order valence-corrected chi connectivity index (χ4v) is 2.90. The summed E-state index contributed by atoms with van der Waals surface area (Å²) in [7, 11) is 1.86. The van der Waals surface area contributed by atoms with Crippen LogP contribution in [0.15, 0.2) is 36.7 Å². The predicted octanol–water partition coefficient (Wildman–Crippen LogP) is 2.41. The maximum Gasteiger partial charge on any atom is 0.416 e. The van der Waals surface area contributed by atoms with Gasteiger partial charge in [0.2, 0.25) is 0 Å². The Labute approximate surface area is 160 Å². The summed E-state index contributed by atoms with van der Waals surface area (Å²) in [6.07, 6.45) is -0.916. The van der Waals surface area contributed by atoms with E-state index in [4.69, 9.17) is 4.74 Å². The third-order valence-corrected chi connectivity index (χ3v) is 4.26. The van der Waals surface area contributed by atoms with Crippen molar-refractivity contribution < 1.29 is 22.7 Å². The zero-order valence-electron chi connectivity index (χ0n) is 14.6. The van der Waals surface area contributed by atoms with Crippen LogP contribution in [0.25, 0.3) is 0 Å². The molecule has 2 aromatic rings. The number of imidazole rings is 1. The van der Waals surface area contributed by atoms with Gasteiger partial charge in [0, 0.05) is 39.1 Å². The zero-order chi connectivity index (χ0) is 18.7. The first-order chi connectivity index (χ1) is 12.4. The van der Waals surface area contributed by atoms with Crippen molar-refractivity contribution in [3.8, 4) is 5.75 Å². The molecule has 0 saturated carbocycles. The largest absolute Gasteiger partial charge is 0.484 e. The van der Waals surface area contributed by atoms with E-state index in [0.29, 0.717) is 19.6 Å². The molecule has 0 spiro atoms. The molecule has 2 heterocycles. The second kappa shape index (κ2) is 8.62. The first-order valence-electron chi connectivity index (χ1n) is 8.14. The number of halogens is 4. The molecular weight excluding hydrogens is 385 g/mol. The molecule has 27 heavy (non-hydrogen) atoms. The molecule has 1 aliphatic rings. The van der Waals surface area contributed by atoms with E-state index in [1.54, 1.807) is 11.1 Å². The lowest BCUT2D eigenvalue weighted by Crippen LogP contribution is -2.50. The number of carbonyl (C=O) groups is 1. The molecule has 1 amide bonds. The van der Waals surface area contributed by atoms with Gasteiger partial charge in [-0.15, -0.1) is 12.4 Å². The highest BCUT2D eigenvalue weighted by atomic mass is 35.5. The number of nitrogens with zero attached hydrogens (tertiary/aromatic N) is 3. The van der Waals surface area contributed by atoms with Gasteiger partial charge in [0.1, 0.15) is 17.6 Å². The number of carbonyl (C=O) groups excluding carboxylic acids is 1. The molecule has 1 unspecified atom stereocenters. The quantitative estimate of drug-likeness (QED) is 0.850. The van der Waals surface area contributed by atoms with Crippen LogP contribution in [0.1, 0.15) is 17.4 Å². The van der Waals surface area contributed by atoms with E-state index in [2.05, 4.69) is 10.3 Å². The van der Waals surface area contributed by atoms with Crippen LogP contribution < -0.4 is 10.1 Å². The topological polar surface area (TPSA) is 59.4 Å². The Morgan fingerprint density at radius 3 is 2.63 bits per heavy atom. The fraction of sp³-hybridized carbons (Fsp3) is 0.412. The molecule has 3 rings (SSSR count). The first-order valence-corrected chi connectivity index (χ1v) is 8.14. The number of alkyl halides is 3. The van der Waals surface area contributed by atoms with Crippen LogP contribution in [-0.2, 0) is 18.0 Å². The molecule has 1 fully saturated rings. The first kappa shape index (κ1) is 21.0. The van der Waals surface area contributed by atoms with Gasteiger partial charge in [-0.2, -0.15) is 13.2 Å². The van der Waals surface area contributed by atoms with Crippen molar-refractivity contribution >= 4 is 18.3 Å². The lowest BCUT2D eigenvalue weighted by molar-refractivity contribution is -0.138. The Morgan fingerprint density at radius 1 is 1.33 bits per heavy atom. The van der Waals surface area contributed by atoms with Crippen molar-refractivity contribution in [3.63, 3.8) is 0 Å². The summed E-state index contributed by atoms with van der Waals surface area (Å²) in [5, 5.41) is 3.23. The maximum atomic E-state index is 12.6. The van der Waals surface area contributed by atoms with Crippen molar-refractivity contribution in [2.75, 3.05) is 26.2 Å². The molecule has 1 aromatic carbocycles. The Bertz CT molecular complexity index is 764. The van der Waals surface area contributed by atoms with Crippen LogP contribution in [0.5, 0.6) is 5.75 Å². The number of aromatic nitrogens is 2. The second-order valence-corrected chi connectivity index (χ2v) is 6.01. The third kappa shape index (κ3) is 4.92. The molecule has 1 atom stereocenters. The van der Waals surface area contributed by atoms with E-state index in [0.717, 1.165) is 18.0 Å². The normalized spacial score (nSPS) is 17.3. The van der Waals surface area contributed by atoms with Gasteiger partial charge in [-0.3, -0.25) is 4.79 Å². The number of benzene rings is 1. The summed E-state index contributed by atoms with van der Waals surface area (Å²) in [6.45, 7) is 1.50. The molecule has 1 saturated heterocycles. The van der Waals surface area contributed by atoms with E-state index in [1.165, 1.54) is 12.1 Å². The van der Waals surface area contributed by atoms with Gasteiger partial charge in [0.25, 0.3) is 5.91 Å². The molecule has 0 aliphatic carbocycles. The zero-order valence-corrected chi connectivity index (χ0v) is 15.4. The van der Waals surface area contributed by atoms with E-state index in [-0.39, 0.29) is 36.7 Å². The van der Waals surface area contributed by atoms with Crippen LogP contribution in [0.2, 0.25) is 0 Å². The minimum Gasteiger partial charge on any atom is -0.484 e. The highest BCUT2D eigenvalue weighted by Gasteiger charge is 2.31. The number of ether oxygens (including phenoxy) is 1. The molecule has 6 nitrogen and oxygen atoms in total. The number of aryl methyl sites for hydroxylation is 1. The lowest BCUT2D eigenvalue weighted by Gasteiger charge is -2.35. The van der Waals surface area contributed by atoms with Crippen LogP contribution in [0.4, 0.5) is 13.2 Å². The minimum absolute atomic E-state index is 0. The molecule has 1 aromatic heterocycles. The Kier molecular flexibility index (Phi) is 6.72. The summed E-state index contributed by atoms with van der Waals surface area (Å²) >= 11 is 0. The fourth-order valence-electron chi connectivity index (χ4n) is 2.90. The minimum atomic E-state index is -4.40. The van der Waals surface area contributed by atoms with Gasteiger partial charge >= 0.3 is 6.18 Å². The standard InChI is InChI=1S/C17H19F3N4O2.ClH/c1-23-8-7-22-16(23)14-10-21-6-9-24(14)15(25)11-26-13-4-2-12(3-5-13)17(18,19)20;/h2-5,7-8,14,21H,6,9-11H2,1H3;1H. The Balaban J connectivity index is 0.00000261. The van der Waals surface area contributed by atoms with Gasteiger partial charge in [-0.05, 0) is 24.3 Å². The van der Waals surface area contributed by atoms with Crippen molar-refractivity contribution in [2.45, 2.75) is 12.2 Å². The smallest absolute Gasteiger partial charge is 0.416 e. The van der Waals surface area contributed by atoms with Crippen LogP contribution in [0.3, 0.4) is 0 Å². The molecule has 1 aliphatic heterocycles. The Morgan fingerprint density at radius 2 is 2.04 bits per heavy atom. The summed E-state index contributed by atoms with van der Waals surface area (Å²) in [5.41, 5.74) is -0.756. The number of hydrogen-bond donors (Lipinski definition) is 1. The van der Waals surface area contributed by atoms with Crippen molar-refractivity contribution in [3.05, 3.63) is 48.0 Å². The highest BCUT2D eigenvalue weighted by molar-refractivity contribution is 5.85. The molecular formula is C17H20ClF3N4O2. The molecule has 1 N–H and O–H groups in total. The monoisotopic (exact) mass is 404 g/mol. The van der Waals surface area contributed by atoms with Gasteiger partial charge in [-0.1, -0.05) is 0 Å². The number of hydrogen-bond acceptors (Lipinski definition) is 4. The van der Waals surface area contributed by atoms with E-state index in [1.807, 2.05) is 17.8 Å². The molecule has 10 heteroatoms. The van der Waals surface area contributed by atoms with Crippen molar-refractivity contribution in [2.24, 2.45) is 7.05 Å². The summed E-state index contributed by atoms with van der Waals surface area (Å²) in [6, 6.07) is 4.07. The predicted molar refractivity (Wildman–Crippen MR) is 94.7 cm³/mol. The number of amides is 1. The van der Waals surface area contributed by atoms with Gasteiger partial charge in [0.15, 0.2) is 6.61 Å². The number of rotatable bonds is 4. The number of nitrogens with one attached hydrogen (secondary N) is 1. The van der Waals surface area contributed by atoms with E-state index in [9.17, 15) is 18.0 Å². The molecule has 0 bridgehead atoms. The van der Waals surface area contributed by atoms with E-state index < -0.39 is 11.7 Å². The van der Waals surface area contributed by atoms with Crippen LogP contribution in [-0.4, -0.2) is 46.6 Å². The van der Waals surface area contributed by atoms with Gasteiger partial charge in [0.05, 0.1) is 5.56 Å². The lowest BCUT2D eigenvalue weighted by atomic mass is 10.1. The van der Waals surface area contributed by atoms with Gasteiger partial charge in [-0.25, -0.2) is 4.98 Å². The summed E-state index contributed by atoms with van der Waals surface area (Å²) < 4.78 is 44.9. The highest BCUT2D eigenvalue weighted by Crippen LogP contribution is 2.30. The third-order valence-electron chi connectivity index (χ3n) is 4.26. The average molecular weight is 405 g/mol. The van der Waals surface area contributed by atoms with Crippen LogP contribution in [0, 0.1) is 0 Å². The molecule has 148 valence electrons. The van der Waals surface area contributed by atoms with Gasteiger partial charge < -0.3 is 19.5 Å². The Hall–Kier alpha value is -2.26. The maximum absolute atomic E-state index is 12.6. The number of piperazine rings is 1. The SMILES string of the molecule is Cl.Cn1ccnc1C1CNCCN1C(=O)COc1ccc(C(F)(F)F)cc1. The van der Waals surface area contributed by atoms with Crippen molar-refractivity contribution in [1.82, 2.24) is 19.8 Å². The summed E-state index contributed by atoms with van der Waals surface area (Å²) in [4.78, 5) is 18.6. The average Bonchev–Trinajstić information content (AvgIpc) is 3.05. The van der Waals surface area contributed by atoms with Crippen LogP contribution >= 0.6 is 12.4 Å². The van der Waals surface area contributed by atoms with E-state index >= 15 is 0 Å². The second-order valence-electron chi connectivity index (χ2n) is 6.01. The molecule has 0 radical (unpaired) electrons.